The van der Waals surface area contributed by atoms with Gasteiger partial charge < -0.3 is 14.7 Å². The smallest absolute Gasteiger partial charge is 0.410 e. The van der Waals surface area contributed by atoms with Crippen LogP contribution in [0.25, 0.3) is 10.8 Å². The number of carbonyl (C=O) groups is 2. The van der Waals surface area contributed by atoms with Gasteiger partial charge in [-0.3, -0.25) is 9.78 Å². The quantitative estimate of drug-likeness (QED) is 0.783. The van der Waals surface area contributed by atoms with Crippen molar-refractivity contribution >= 4 is 32.9 Å². The molecule has 30 heavy (non-hydrogen) atoms. The van der Waals surface area contributed by atoms with Gasteiger partial charge in [-0.25, -0.2) is 13.2 Å². The van der Waals surface area contributed by atoms with E-state index in [1.54, 1.807) is 45.2 Å². The summed E-state index contributed by atoms with van der Waals surface area (Å²) >= 11 is 0. The largest absolute Gasteiger partial charge is 0.481 e. The van der Waals surface area contributed by atoms with Crippen LogP contribution in [0.3, 0.4) is 0 Å². The van der Waals surface area contributed by atoms with Crippen LogP contribution in [0.5, 0.6) is 0 Å². The molecule has 2 heterocycles. The topological polar surface area (TPSA) is 117 Å². The van der Waals surface area contributed by atoms with Gasteiger partial charge in [-0.15, -0.1) is 0 Å². The lowest BCUT2D eigenvalue weighted by molar-refractivity contribution is -0.138. The fourth-order valence-electron chi connectivity index (χ4n) is 3.46. The number of rotatable bonds is 4. The molecule has 162 valence electrons. The SMILES string of the molecule is CC(C)(C)OC(=O)N1CCN(S(=O)(=O)c2cccc3cnccc23)C(CC(=O)O)C1. The Kier molecular flexibility index (Phi) is 6.00. The van der Waals surface area contributed by atoms with E-state index < -0.39 is 40.1 Å². The van der Waals surface area contributed by atoms with Crippen LogP contribution in [0.4, 0.5) is 4.79 Å². The molecule has 10 heteroatoms. The predicted molar refractivity (Wildman–Crippen MR) is 109 cm³/mol. The first kappa shape index (κ1) is 22.0. The molecule has 0 radical (unpaired) electrons. The summed E-state index contributed by atoms with van der Waals surface area (Å²) in [4.78, 5) is 29.3. The first-order chi connectivity index (χ1) is 14.0. The zero-order chi connectivity index (χ0) is 22.1. The highest BCUT2D eigenvalue weighted by Crippen LogP contribution is 2.29. The average molecular weight is 436 g/mol. The number of carbonyl (C=O) groups excluding carboxylic acids is 1. The predicted octanol–water partition coefficient (Wildman–Crippen LogP) is 2.32. The molecule has 9 nitrogen and oxygen atoms in total. The van der Waals surface area contributed by atoms with E-state index in [0.717, 1.165) is 0 Å². The number of aromatic nitrogens is 1. The zero-order valence-corrected chi connectivity index (χ0v) is 17.9. The van der Waals surface area contributed by atoms with Gasteiger partial charge in [0.05, 0.1) is 17.4 Å². The van der Waals surface area contributed by atoms with E-state index in [1.807, 2.05) is 0 Å². The number of ether oxygens (including phenoxy) is 1. The minimum atomic E-state index is -4.00. The van der Waals surface area contributed by atoms with Gasteiger partial charge in [0.25, 0.3) is 0 Å². The van der Waals surface area contributed by atoms with Gasteiger partial charge in [0, 0.05) is 42.8 Å². The average Bonchev–Trinajstić information content (AvgIpc) is 2.65. The van der Waals surface area contributed by atoms with Crippen molar-refractivity contribution < 1.29 is 27.9 Å². The summed E-state index contributed by atoms with van der Waals surface area (Å²) in [5, 5.41) is 10.5. The third-order valence-electron chi connectivity index (χ3n) is 4.72. The highest BCUT2D eigenvalue weighted by molar-refractivity contribution is 7.89. The lowest BCUT2D eigenvalue weighted by atomic mass is 10.1. The van der Waals surface area contributed by atoms with E-state index in [0.29, 0.717) is 10.8 Å². The molecule has 1 saturated heterocycles. The Hall–Kier alpha value is -2.72. The van der Waals surface area contributed by atoms with Crippen LogP contribution < -0.4 is 0 Å². The lowest BCUT2D eigenvalue weighted by Crippen LogP contribution is -2.57. The number of hydrogen-bond acceptors (Lipinski definition) is 6. The summed E-state index contributed by atoms with van der Waals surface area (Å²) in [6, 6.07) is 5.59. The fourth-order valence-corrected chi connectivity index (χ4v) is 5.28. The molecule has 1 unspecified atom stereocenters. The van der Waals surface area contributed by atoms with Crippen LogP contribution in [0.2, 0.25) is 0 Å². The molecule has 1 atom stereocenters. The Morgan fingerprint density at radius 1 is 1.23 bits per heavy atom. The number of piperazine rings is 1. The summed E-state index contributed by atoms with van der Waals surface area (Å²) in [6.45, 7) is 5.21. The number of carboxylic acid groups (broad SMARTS) is 1. The molecular formula is C20H25N3O6S. The molecule has 1 N–H and O–H groups in total. The van der Waals surface area contributed by atoms with Crippen LogP contribution in [-0.2, 0) is 19.6 Å². The molecule has 1 fully saturated rings. The number of benzene rings is 1. The second-order valence-corrected chi connectivity index (χ2v) is 10.0. The van der Waals surface area contributed by atoms with Crippen molar-refractivity contribution in [2.75, 3.05) is 19.6 Å². The molecule has 1 aliphatic heterocycles. The molecule has 0 aliphatic carbocycles. The second-order valence-electron chi connectivity index (χ2n) is 8.15. The Morgan fingerprint density at radius 2 is 1.97 bits per heavy atom. The first-order valence-electron chi connectivity index (χ1n) is 9.53. The van der Waals surface area contributed by atoms with E-state index in [2.05, 4.69) is 4.98 Å². The van der Waals surface area contributed by atoms with Gasteiger partial charge in [-0.1, -0.05) is 12.1 Å². The maximum Gasteiger partial charge on any atom is 0.410 e. The van der Waals surface area contributed by atoms with Crippen LogP contribution in [0, 0.1) is 0 Å². The molecular weight excluding hydrogens is 410 g/mol. The van der Waals surface area contributed by atoms with Crippen LogP contribution in [0.1, 0.15) is 27.2 Å². The van der Waals surface area contributed by atoms with Crippen LogP contribution in [-0.4, -0.2) is 71.1 Å². The number of hydrogen-bond donors (Lipinski definition) is 1. The normalized spacial score (nSPS) is 18.4. The number of amides is 1. The van der Waals surface area contributed by atoms with Gasteiger partial charge in [0.1, 0.15) is 5.60 Å². The monoisotopic (exact) mass is 435 g/mol. The highest BCUT2D eigenvalue weighted by atomic mass is 32.2. The van der Waals surface area contributed by atoms with Crippen molar-refractivity contribution in [3.8, 4) is 0 Å². The summed E-state index contributed by atoms with van der Waals surface area (Å²) in [6.07, 6.45) is 2.07. The Balaban J connectivity index is 1.93. The summed E-state index contributed by atoms with van der Waals surface area (Å²) in [5.74, 6) is -1.15. The molecule has 1 aliphatic rings. The molecule has 0 spiro atoms. The Bertz CT molecular complexity index is 1060. The van der Waals surface area contributed by atoms with E-state index >= 15 is 0 Å². The van der Waals surface area contributed by atoms with Gasteiger partial charge >= 0.3 is 12.1 Å². The van der Waals surface area contributed by atoms with E-state index in [9.17, 15) is 23.1 Å². The van der Waals surface area contributed by atoms with Crippen molar-refractivity contribution in [3.05, 3.63) is 36.7 Å². The third-order valence-corrected chi connectivity index (χ3v) is 6.73. The van der Waals surface area contributed by atoms with E-state index in [1.165, 1.54) is 21.5 Å². The molecule has 1 aromatic heterocycles. The lowest BCUT2D eigenvalue weighted by Gasteiger charge is -2.40. The summed E-state index contributed by atoms with van der Waals surface area (Å²) in [7, 11) is -4.00. The molecule has 0 saturated carbocycles. The maximum absolute atomic E-state index is 13.5. The highest BCUT2D eigenvalue weighted by Gasteiger charge is 2.40. The summed E-state index contributed by atoms with van der Waals surface area (Å²) in [5.41, 5.74) is -0.709. The number of fused-ring (bicyclic) bond motifs is 1. The second kappa shape index (κ2) is 8.19. The number of aliphatic carboxylic acids is 1. The van der Waals surface area contributed by atoms with Crippen molar-refractivity contribution in [2.24, 2.45) is 0 Å². The third kappa shape index (κ3) is 4.71. The van der Waals surface area contributed by atoms with Gasteiger partial charge in [0.2, 0.25) is 10.0 Å². The number of nitrogens with zero attached hydrogens (tertiary/aromatic N) is 3. The van der Waals surface area contributed by atoms with Crippen molar-refractivity contribution in [2.45, 2.75) is 43.7 Å². The standard InChI is InChI=1S/C20H25N3O6S/c1-20(2,3)29-19(26)22-9-10-23(15(13-22)11-18(24)25)30(27,28)17-6-4-5-14-12-21-8-7-16(14)17/h4-8,12,15H,9-11,13H2,1-3H3,(H,24,25). The number of pyridine rings is 1. The van der Waals surface area contributed by atoms with Crippen molar-refractivity contribution in [1.29, 1.82) is 0 Å². The molecule has 0 bridgehead atoms. The molecule has 1 aromatic carbocycles. The van der Waals surface area contributed by atoms with E-state index in [-0.39, 0.29) is 24.5 Å². The number of carboxylic acids is 1. The number of sulfonamides is 1. The summed E-state index contributed by atoms with van der Waals surface area (Å²) < 4.78 is 33.5. The first-order valence-corrected chi connectivity index (χ1v) is 11.0. The van der Waals surface area contributed by atoms with Crippen molar-refractivity contribution in [3.63, 3.8) is 0 Å². The van der Waals surface area contributed by atoms with Crippen LogP contribution in [0.15, 0.2) is 41.6 Å². The van der Waals surface area contributed by atoms with Gasteiger partial charge in [-0.05, 0) is 32.9 Å². The molecule has 1 amide bonds. The minimum absolute atomic E-state index is 0.0268. The minimum Gasteiger partial charge on any atom is -0.481 e. The zero-order valence-electron chi connectivity index (χ0n) is 17.1. The van der Waals surface area contributed by atoms with E-state index in [4.69, 9.17) is 4.74 Å². The Labute approximate surface area is 175 Å². The van der Waals surface area contributed by atoms with Gasteiger partial charge in [-0.2, -0.15) is 4.31 Å². The fraction of sp³-hybridized carbons (Fsp3) is 0.450. The molecule has 2 aromatic rings. The van der Waals surface area contributed by atoms with Gasteiger partial charge in [0.15, 0.2) is 0 Å². The van der Waals surface area contributed by atoms with Crippen LogP contribution >= 0.6 is 0 Å². The Morgan fingerprint density at radius 3 is 2.63 bits per heavy atom. The maximum atomic E-state index is 13.5. The van der Waals surface area contributed by atoms with Crippen molar-refractivity contribution in [1.82, 2.24) is 14.2 Å². The molecule has 3 rings (SSSR count).